The van der Waals surface area contributed by atoms with Gasteiger partial charge in [-0.25, -0.2) is 19.6 Å². The van der Waals surface area contributed by atoms with Crippen LogP contribution in [0.3, 0.4) is 0 Å². The second-order valence-electron chi connectivity index (χ2n) is 3.14. The summed E-state index contributed by atoms with van der Waals surface area (Å²) in [7, 11) is 1.84. The summed E-state index contributed by atoms with van der Waals surface area (Å²) in [5, 5.41) is 8.76. The third-order valence-corrected chi connectivity index (χ3v) is 4.03. The third-order valence-electron chi connectivity index (χ3n) is 1.96. The summed E-state index contributed by atoms with van der Waals surface area (Å²) in [5.41, 5.74) is 0. The molecule has 1 N–H and O–H groups in total. The van der Waals surface area contributed by atoms with Crippen LogP contribution in [0.25, 0.3) is 0 Å². The van der Waals surface area contributed by atoms with Gasteiger partial charge in [0.15, 0.2) is 5.16 Å². The second kappa shape index (κ2) is 5.46. The van der Waals surface area contributed by atoms with Crippen molar-refractivity contribution in [1.82, 2.24) is 24.7 Å². The highest BCUT2D eigenvalue weighted by Crippen LogP contribution is 2.33. The average molecular weight is 315 g/mol. The van der Waals surface area contributed by atoms with Crippen molar-refractivity contribution in [2.75, 3.05) is 11.9 Å². The topological polar surface area (TPSA) is 68.5 Å². The van der Waals surface area contributed by atoms with Gasteiger partial charge in [0.2, 0.25) is 0 Å². The predicted molar refractivity (Wildman–Crippen MR) is 69.0 cm³/mol. The van der Waals surface area contributed by atoms with Gasteiger partial charge in [-0.15, -0.1) is 0 Å². The molecule has 6 nitrogen and oxygen atoms in total. The summed E-state index contributed by atoms with van der Waals surface area (Å²) in [4.78, 5) is 12.5. The molecule has 0 saturated carbocycles. The smallest absolute Gasteiger partial charge is 0.192 e. The van der Waals surface area contributed by atoms with Crippen LogP contribution in [-0.2, 0) is 7.05 Å². The molecule has 0 aliphatic rings. The van der Waals surface area contributed by atoms with E-state index in [1.54, 1.807) is 4.68 Å². The SMILES string of the molecule is CCNc1ncnc(Sc2ncnn2C)c1Br. The van der Waals surface area contributed by atoms with Gasteiger partial charge in [-0.2, -0.15) is 5.10 Å². The van der Waals surface area contributed by atoms with Crippen LogP contribution in [0, 0.1) is 0 Å². The first-order valence-corrected chi connectivity index (χ1v) is 6.59. The quantitative estimate of drug-likeness (QED) is 0.870. The summed E-state index contributed by atoms with van der Waals surface area (Å²) in [6, 6.07) is 0. The lowest BCUT2D eigenvalue weighted by molar-refractivity contribution is 0.684. The molecular formula is C9H11BrN6S. The van der Waals surface area contributed by atoms with E-state index in [0.29, 0.717) is 0 Å². The van der Waals surface area contributed by atoms with Crippen LogP contribution in [0.4, 0.5) is 5.82 Å². The van der Waals surface area contributed by atoms with E-state index in [1.807, 2.05) is 14.0 Å². The number of halogens is 1. The minimum atomic E-state index is 0.784. The number of anilines is 1. The molecule has 0 unspecified atom stereocenters. The molecule has 0 aliphatic carbocycles. The number of rotatable bonds is 4. The Hall–Kier alpha value is -1.15. The lowest BCUT2D eigenvalue weighted by atomic mass is 10.5. The molecule has 90 valence electrons. The van der Waals surface area contributed by atoms with Crippen molar-refractivity contribution in [1.29, 1.82) is 0 Å². The Morgan fingerprint density at radius 3 is 2.82 bits per heavy atom. The molecule has 0 saturated heterocycles. The maximum absolute atomic E-state index is 4.22. The van der Waals surface area contributed by atoms with Gasteiger partial charge in [-0.05, 0) is 34.6 Å². The van der Waals surface area contributed by atoms with E-state index < -0.39 is 0 Å². The Balaban J connectivity index is 2.27. The molecule has 2 aromatic rings. The molecule has 0 amide bonds. The molecule has 17 heavy (non-hydrogen) atoms. The Bertz CT molecular complexity index is 514. The molecular weight excluding hydrogens is 304 g/mol. The lowest BCUT2D eigenvalue weighted by Crippen LogP contribution is -2.02. The van der Waals surface area contributed by atoms with Gasteiger partial charge in [0, 0.05) is 13.6 Å². The van der Waals surface area contributed by atoms with Crippen molar-refractivity contribution < 1.29 is 0 Å². The first-order valence-electron chi connectivity index (χ1n) is 4.98. The maximum atomic E-state index is 4.22. The Kier molecular flexibility index (Phi) is 3.95. The second-order valence-corrected chi connectivity index (χ2v) is 4.89. The van der Waals surface area contributed by atoms with E-state index in [9.17, 15) is 0 Å². The summed E-state index contributed by atoms with van der Waals surface area (Å²) in [6.45, 7) is 2.83. The summed E-state index contributed by atoms with van der Waals surface area (Å²) < 4.78 is 2.54. The lowest BCUT2D eigenvalue weighted by Gasteiger charge is -2.07. The van der Waals surface area contributed by atoms with Crippen LogP contribution >= 0.6 is 27.7 Å². The molecule has 0 radical (unpaired) electrons. The third kappa shape index (κ3) is 2.75. The number of aromatic nitrogens is 5. The number of nitrogens with one attached hydrogen (secondary N) is 1. The van der Waals surface area contributed by atoms with E-state index in [2.05, 4.69) is 41.3 Å². The van der Waals surface area contributed by atoms with E-state index in [-0.39, 0.29) is 0 Å². The van der Waals surface area contributed by atoms with Crippen molar-refractivity contribution >= 4 is 33.5 Å². The molecule has 2 aromatic heterocycles. The number of aryl methyl sites for hydroxylation is 1. The summed E-state index contributed by atoms with van der Waals surface area (Å²) in [5.74, 6) is 0.784. The highest BCUT2D eigenvalue weighted by Gasteiger charge is 2.12. The van der Waals surface area contributed by atoms with Crippen LogP contribution < -0.4 is 5.32 Å². The Labute approximate surface area is 111 Å². The van der Waals surface area contributed by atoms with Gasteiger partial charge in [-0.1, -0.05) is 0 Å². The zero-order chi connectivity index (χ0) is 12.3. The van der Waals surface area contributed by atoms with Crippen molar-refractivity contribution in [3.05, 3.63) is 17.1 Å². The fourth-order valence-corrected chi connectivity index (χ4v) is 2.51. The van der Waals surface area contributed by atoms with Gasteiger partial charge in [0.25, 0.3) is 0 Å². The van der Waals surface area contributed by atoms with Crippen molar-refractivity contribution in [3.63, 3.8) is 0 Å². The van der Waals surface area contributed by atoms with E-state index >= 15 is 0 Å². The monoisotopic (exact) mass is 314 g/mol. The largest absolute Gasteiger partial charge is 0.369 e. The zero-order valence-corrected chi connectivity index (χ0v) is 11.8. The predicted octanol–water partition coefficient (Wildman–Crippen LogP) is 1.95. The zero-order valence-electron chi connectivity index (χ0n) is 9.38. The van der Waals surface area contributed by atoms with E-state index in [0.717, 1.165) is 27.0 Å². The fraction of sp³-hybridized carbons (Fsp3) is 0.333. The molecule has 0 bridgehead atoms. The fourth-order valence-electron chi connectivity index (χ4n) is 1.18. The van der Waals surface area contributed by atoms with Gasteiger partial charge in [0.1, 0.15) is 23.5 Å². The summed E-state index contributed by atoms with van der Waals surface area (Å²) >= 11 is 4.93. The van der Waals surface area contributed by atoms with E-state index in [1.165, 1.54) is 24.4 Å². The number of hydrogen-bond acceptors (Lipinski definition) is 6. The molecule has 0 aromatic carbocycles. The van der Waals surface area contributed by atoms with Crippen molar-refractivity contribution in [2.24, 2.45) is 7.05 Å². The van der Waals surface area contributed by atoms with Gasteiger partial charge in [0.05, 0.1) is 4.47 Å². The van der Waals surface area contributed by atoms with E-state index in [4.69, 9.17) is 0 Å². The Morgan fingerprint density at radius 1 is 1.35 bits per heavy atom. The van der Waals surface area contributed by atoms with Crippen LogP contribution in [0.5, 0.6) is 0 Å². The molecule has 0 fully saturated rings. The molecule has 0 aliphatic heterocycles. The first-order chi connectivity index (χ1) is 8.22. The van der Waals surface area contributed by atoms with Gasteiger partial charge >= 0.3 is 0 Å². The molecule has 0 spiro atoms. The van der Waals surface area contributed by atoms with Crippen LogP contribution in [0.2, 0.25) is 0 Å². The highest BCUT2D eigenvalue weighted by molar-refractivity contribution is 9.10. The summed E-state index contributed by atoms with van der Waals surface area (Å²) in [6.07, 6.45) is 3.05. The number of nitrogens with zero attached hydrogens (tertiary/aromatic N) is 5. The van der Waals surface area contributed by atoms with Crippen LogP contribution in [0.15, 0.2) is 27.3 Å². The minimum Gasteiger partial charge on any atom is -0.369 e. The Morgan fingerprint density at radius 2 is 2.18 bits per heavy atom. The van der Waals surface area contributed by atoms with Gasteiger partial charge in [-0.3, -0.25) is 0 Å². The maximum Gasteiger partial charge on any atom is 0.192 e. The van der Waals surface area contributed by atoms with Crippen molar-refractivity contribution in [3.8, 4) is 0 Å². The minimum absolute atomic E-state index is 0.784. The van der Waals surface area contributed by atoms with Crippen LogP contribution in [-0.4, -0.2) is 31.3 Å². The number of hydrogen-bond donors (Lipinski definition) is 1. The van der Waals surface area contributed by atoms with Crippen molar-refractivity contribution in [2.45, 2.75) is 17.1 Å². The highest BCUT2D eigenvalue weighted by atomic mass is 79.9. The van der Waals surface area contributed by atoms with Crippen LogP contribution in [0.1, 0.15) is 6.92 Å². The molecule has 2 rings (SSSR count). The molecule has 8 heteroatoms. The molecule has 0 atom stereocenters. The first kappa shape index (κ1) is 12.3. The van der Waals surface area contributed by atoms with Gasteiger partial charge < -0.3 is 5.32 Å². The standard InChI is InChI=1S/C9H11BrN6S/c1-3-11-7-6(10)8(13-4-12-7)17-9-14-5-15-16(9)2/h4-5H,3H2,1-2H3,(H,11,12,13). The normalized spacial score (nSPS) is 10.5. The average Bonchev–Trinajstić information content (AvgIpc) is 2.70. The molecule has 2 heterocycles.